The van der Waals surface area contributed by atoms with Gasteiger partial charge in [0.05, 0.1) is 5.69 Å². The molecule has 0 saturated carbocycles. The molecule has 1 saturated heterocycles. The number of hydrogen-bond acceptors (Lipinski definition) is 3. The number of carbonyl (C=O) groups excluding carboxylic acids is 2. The summed E-state index contributed by atoms with van der Waals surface area (Å²) in [6.45, 7) is 1.11. The summed E-state index contributed by atoms with van der Waals surface area (Å²) in [7, 11) is 1.66. The van der Waals surface area contributed by atoms with Gasteiger partial charge in [-0.1, -0.05) is 25.0 Å². The maximum absolute atomic E-state index is 13.9. The van der Waals surface area contributed by atoms with Gasteiger partial charge in [-0.05, 0) is 37.9 Å². The lowest BCUT2D eigenvalue weighted by molar-refractivity contribution is -0.136. The van der Waals surface area contributed by atoms with Crippen molar-refractivity contribution in [3.8, 4) is 0 Å². The van der Waals surface area contributed by atoms with Crippen molar-refractivity contribution in [2.24, 2.45) is 5.73 Å². The number of nitrogens with zero attached hydrogens (tertiary/aromatic N) is 2. The van der Waals surface area contributed by atoms with Gasteiger partial charge in [-0.2, -0.15) is 0 Å². The van der Waals surface area contributed by atoms with E-state index in [4.69, 9.17) is 5.73 Å². The predicted octanol–water partition coefficient (Wildman–Crippen LogP) is 2.30. The standard InChI is InChI=1S/C18H26FN3O2/c1-21(17(23)10-4-2-3-7-12-20)16-11-13-22(18(16)24)15-9-6-5-8-14(15)19/h5-6,8-9,16H,2-4,7,10-13,20H2,1H3. The minimum atomic E-state index is -0.499. The second kappa shape index (κ2) is 8.78. The minimum absolute atomic E-state index is 0.0310. The number of anilines is 1. The normalized spacial score (nSPS) is 17.4. The molecule has 0 radical (unpaired) electrons. The number of carbonyl (C=O) groups is 2. The molecule has 2 amide bonds. The topological polar surface area (TPSA) is 66.6 Å². The smallest absolute Gasteiger partial charge is 0.249 e. The summed E-state index contributed by atoms with van der Waals surface area (Å²) >= 11 is 0. The maximum Gasteiger partial charge on any atom is 0.249 e. The van der Waals surface area contributed by atoms with E-state index in [-0.39, 0.29) is 17.5 Å². The zero-order chi connectivity index (χ0) is 17.5. The highest BCUT2D eigenvalue weighted by molar-refractivity contribution is 6.01. The van der Waals surface area contributed by atoms with Crippen molar-refractivity contribution >= 4 is 17.5 Å². The molecule has 1 aromatic carbocycles. The van der Waals surface area contributed by atoms with E-state index in [1.807, 2.05) is 0 Å². The van der Waals surface area contributed by atoms with E-state index in [0.717, 1.165) is 25.7 Å². The van der Waals surface area contributed by atoms with Gasteiger partial charge in [0.1, 0.15) is 11.9 Å². The van der Waals surface area contributed by atoms with Crippen LogP contribution in [-0.4, -0.2) is 42.9 Å². The number of nitrogens with two attached hydrogens (primary N) is 1. The molecule has 24 heavy (non-hydrogen) atoms. The first-order valence-corrected chi connectivity index (χ1v) is 8.58. The molecule has 6 heteroatoms. The Labute approximate surface area is 142 Å². The van der Waals surface area contributed by atoms with Crippen LogP contribution in [0.2, 0.25) is 0 Å². The number of hydrogen-bond donors (Lipinski definition) is 1. The van der Waals surface area contributed by atoms with Crippen molar-refractivity contribution in [1.29, 1.82) is 0 Å². The SMILES string of the molecule is CN(C(=O)CCCCCCN)C1CCN(c2ccccc2F)C1=O. The molecule has 1 aromatic rings. The molecule has 132 valence electrons. The van der Waals surface area contributed by atoms with Crippen LogP contribution in [0, 0.1) is 5.82 Å². The average Bonchev–Trinajstić information content (AvgIpc) is 2.95. The van der Waals surface area contributed by atoms with Crippen LogP contribution < -0.4 is 10.6 Å². The largest absolute Gasteiger partial charge is 0.334 e. The van der Waals surface area contributed by atoms with Crippen molar-refractivity contribution in [2.75, 3.05) is 25.0 Å². The Balaban J connectivity index is 1.89. The highest BCUT2D eigenvalue weighted by Gasteiger charge is 2.37. The third-order valence-electron chi connectivity index (χ3n) is 4.53. The van der Waals surface area contributed by atoms with Crippen molar-refractivity contribution in [3.63, 3.8) is 0 Å². The van der Waals surface area contributed by atoms with E-state index in [2.05, 4.69) is 0 Å². The lowest BCUT2D eigenvalue weighted by Gasteiger charge is -2.24. The molecule has 5 nitrogen and oxygen atoms in total. The summed E-state index contributed by atoms with van der Waals surface area (Å²) in [6.07, 6.45) is 4.74. The van der Waals surface area contributed by atoms with Gasteiger partial charge in [-0.15, -0.1) is 0 Å². The highest BCUT2D eigenvalue weighted by Crippen LogP contribution is 2.26. The molecule has 2 rings (SSSR count). The molecular weight excluding hydrogens is 309 g/mol. The number of benzene rings is 1. The Hall–Kier alpha value is -1.95. The van der Waals surface area contributed by atoms with Gasteiger partial charge in [-0.25, -0.2) is 4.39 Å². The Morgan fingerprint density at radius 2 is 2.00 bits per heavy atom. The lowest BCUT2D eigenvalue weighted by atomic mass is 10.1. The van der Waals surface area contributed by atoms with E-state index in [1.165, 1.54) is 15.9 Å². The molecule has 2 N–H and O–H groups in total. The molecular formula is C18H26FN3O2. The average molecular weight is 335 g/mol. The Morgan fingerprint density at radius 1 is 1.29 bits per heavy atom. The monoisotopic (exact) mass is 335 g/mol. The quantitative estimate of drug-likeness (QED) is 0.741. The van der Waals surface area contributed by atoms with Crippen molar-refractivity contribution < 1.29 is 14.0 Å². The van der Waals surface area contributed by atoms with Gasteiger partial charge in [-0.3, -0.25) is 9.59 Å². The second-order valence-electron chi connectivity index (χ2n) is 6.20. The fraction of sp³-hybridized carbons (Fsp3) is 0.556. The van der Waals surface area contributed by atoms with E-state index in [9.17, 15) is 14.0 Å². The fourth-order valence-corrected chi connectivity index (χ4v) is 3.06. The van der Waals surface area contributed by atoms with E-state index in [1.54, 1.807) is 25.2 Å². The minimum Gasteiger partial charge on any atom is -0.334 e. The Morgan fingerprint density at radius 3 is 2.71 bits per heavy atom. The summed E-state index contributed by atoms with van der Waals surface area (Å²) in [6, 6.07) is 5.73. The summed E-state index contributed by atoms with van der Waals surface area (Å²) in [4.78, 5) is 27.8. The molecule has 1 unspecified atom stereocenters. The van der Waals surface area contributed by atoms with E-state index in [0.29, 0.717) is 25.9 Å². The fourth-order valence-electron chi connectivity index (χ4n) is 3.06. The summed E-state index contributed by atoms with van der Waals surface area (Å²) in [5.41, 5.74) is 5.73. The maximum atomic E-state index is 13.9. The third-order valence-corrected chi connectivity index (χ3v) is 4.53. The number of para-hydroxylation sites is 1. The van der Waals surface area contributed by atoms with Crippen LogP contribution in [0.5, 0.6) is 0 Å². The van der Waals surface area contributed by atoms with Crippen LogP contribution in [0.1, 0.15) is 38.5 Å². The summed E-state index contributed by atoms with van der Waals surface area (Å²) in [5.74, 6) is -0.657. The molecule has 0 aromatic heterocycles. The van der Waals surface area contributed by atoms with Gasteiger partial charge in [0.25, 0.3) is 0 Å². The van der Waals surface area contributed by atoms with Crippen LogP contribution in [0.15, 0.2) is 24.3 Å². The van der Waals surface area contributed by atoms with E-state index >= 15 is 0 Å². The lowest BCUT2D eigenvalue weighted by Crippen LogP contribution is -2.43. The molecule has 0 spiro atoms. The van der Waals surface area contributed by atoms with Crippen LogP contribution in [-0.2, 0) is 9.59 Å². The number of unbranched alkanes of at least 4 members (excludes halogenated alkanes) is 3. The first-order valence-electron chi connectivity index (χ1n) is 8.58. The van der Waals surface area contributed by atoms with Crippen LogP contribution in [0.25, 0.3) is 0 Å². The van der Waals surface area contributed by atoms with Crippen molar-refractivity contribution in [3.05, 3.63) is 30.1 Å². The summed E-state index contributed by atoms with van der Waals surface area (Å²) < 4.78 is 13.9. The second-order valence-corrected chi connectivity index (χ2v) is 6.20. The van der Waals surface area contributed by atoms with Crippen molar-refractivity contribution in [2.45, 2.75) is 44.6 Å². The van der Waals surface area contributed by atoms with Crippen molar-refractivity contribution in [1.82, 2.24) is 4.90 Å². The number of likely N-dealkylation sites (N-methyl/N-ethyl adjacent to an activating group) is 1. The molecule has 1 heterocycles. The van der Waals surface area contributed by atoms with Crippen LogP contribution in [0.3, 0.4) is 0 Å². The first-order chi connectivity index (χ1) is 11.6. The molecule has 1 atom stereocenters. The zero-order valence-corrected chi connectivity index (χ0v) is 14.2. The van der Waals surface area contributed by atoms with Gasteiger partial charge in [0.15, 0.2) is 0 Å². The number of halogens is 1. The van der Waals surface area contributed by atoms with E-state index < -0.39 is 11.9 Å². The zero-order valence-electron chi connectivity index (χ0n) is 14.2. The molecule has 0 aliphatic carbocycles. The first kappa shape index (κ1) is 18.4. The Kier molecular flexibility index (Phi) is 6.73. The molecule has 1 aliphatic heterocycles. The molecule has 0 bridgehead atoms. The van der Waals surface area contributed by atoms with Gasteiger partial charge in [0, 0.05) is 20.0 Å². The van der Waals surface area contributed by atoms with Gasteiger partial charge in [0.2, 0.25) is 11.8 Å². The third kappa shape index (κ3) is 4.32. The van der Waals surface area contributed by atoms with Crippen LogP contribution >= 0.6 is 0 Å². The Bertz CT molecular complexity index is 579. The van der Waals surface area contributed by atoms with Gasteiger partial charge < -0.3 is 15.5 Å². The number of amides is 2. The molecule has 1 fully saturated rings. The predicted molar refractivity (Wildman–Crippen MR) is 92.1 cm³/mol. The number of rotatable bonds is 8. The molecule has 1 aliphatic rings. The van der Waals surface area contributed by atoms with Crippen LogP contribution in [0.4, 0.5) is 10.1 Å². The highest BCUT2D eigenvalue weighted by atomic mass is 19.1. The summed E-state index contributed by atoms with van der Waals surface area (Å²) in [5, 5.41) is 0. The van der Waals surface area contributed by atoms with Gasteiger partial charge >= 0.3 is 0 Å².